The highest BCUT2D eigenvalue weighted by atomic mass is 16.6. The molecule has 8 amide bonds. The van der Waals surface area contributed by atoms with Crippen LogP contribution in [0.1, 0.15) is 249 Å². The number of hydrogen-bond donors (Lipinski definition) is 10. The molecule has 0 aliphatic carbocycles. The van der Waals surface area contributed by atoms with Gasteiger partial charge in [0.2, 0.25) is 23.6 Å². The normalized spacial score (nSPS) is 28.6. The van der Waals surface area contributed by atoms with E-state index in [4.69, 9.17) is 36.6 Å². The van der Waals surface area contributed by atoms with E-state index in [1.54, 1.807) is 73.8 Å². The van der Waals surface area contributed by atoms with Crippen molar-refractivity contribution < 1.29 is 115 Å². The molecule has 0 saturated carbocycles. The van der Waals surface area contributed by atoms with Gasteiger partial charge in [-0.15, -0.1) is 0 Å². The van der Waals surface area contributed by atoms with Crippen molar-refractivity contribution >= 4 is 71.1 Å². The highest BCUT2D eigenvalue weighted by Crippen LogP contribution is 2.31. The number of ether oxygens (including phenoxy) is 4. The van der Waals surface area contributed by atoms with E-state index in [9.17, 15) is 78.0 Å². The summed E-state index contributed by atoms with van der Waals surface area (Å²) in [6.07, 6.45) is 40.7. The Labute approximate surface area is 868 Å². The van der Waals surface area contributed by atoms with Crippen molar-refractivity contribution in [3.63, 3.8) is 0 Å². The number of nitrogens with zero attached hydrogens (tertiary/aromatic N) is 6. The number of amides is 8. The summed E-state index contributed by atoms with van der Waals surface area (Å²) in [4.78, 5) is 172. The number of oxazole rings is 4. The fourth-order valence-electron chi connectivity index (χ4n) is 17.1. The van der Waals surface area contributed by atoms with Crippen LogP contribution in [0.2, 0.25) is 0 Å². The summed E-state index contributed by atoms with van der Waals surface area (Å²) in [7, 11) is 0. The molecule has 6 aliphatic heterocycles. The summed E-state index contributed by atoms with van der Waals surface area (Å²) in [6.45, 7) is 47.5. The highest BCUT2D eigenvalue weighted by molar-refractivity contribution is 6.01. The van der Waals surface area contributed by atoms with Gasteiger partial charge >= 0.3 is 23.9 Å². The summed E-state index contributed by atoms with van der Waals surface area (Å²) < 4.78 is 45.0. The lowest BCUT2D eigenvalue weighted by Crippen LogP contribution is -2.44. The minimum absolute atomic E-state index is 0.00910. The predicted molar refractivity (Wildman–Crippen MR) is 557 cm³/mol. The molecular weight excluding hydrogens is 1900 g/mol. The number of aromatic nitrogens is 4. The second kappa shape index (κ2) is 60.6. The first-order valence-electron chi connectivity index (χ1n) is 50.9. The zero-order valence-corrected chi connectivity index (χ0v) is 89.1. The number of carbonyl (C=O) groups is 12. The number of cyclic esters (lactones) is 4. The van der Waals surface area contributed by atoms with Gasteiger partial charge in [-0.1, -0.05) is 247 Å². The van der Waals surface area contributed by atoms with Crippen LogP contribution < -0.4 is 31.9 Å². The van der Waals surface area contributed by atoms with Crippen molar-refractivity contribution in [3.8, 4) is 0 Å². The molecule has 0 unspecified atom stereocenters. The van der Waals surface area contributed by atoms with E-state index in [0.29, 0.717) is 119 Å². The van der Waals surface area contributed by atoms with Gasteiger partial charge in [0.25, 0.3) is 23.6 Å². The van der Waals surface area contributed by atoms with Crippen LogP contribution in [-0.2, 0) is 83.0 Å². The maximum atomic E-state index is 13.2. The van der Waals surface area contributed by atoms with Crippen LogP contribution >= 0.6 is 0 Å². The van der Waals surface area contributed by atoms with E-state index < -0.39 is 109 Å². The molecule has 0 radical (unpaired) electrons. The summed E-state index contributed by atoms with van der Waals surface area (Å²) in [5, 5.41) is 57.9. The van der Waals surface area contributed by atoms with E-state index in [1.165, 1.54) is 66.1 Å². The number of allylic oxidation sites excluding steroid dienone is 8. The third kappa shape index (κ3) is 41.6. The van der Waals surface area contributed by atoms with Gasteiger partial charge < -0.3 is 98.7 Å². The highest BCUT2D eigenvalue weighted by Gasteiger charge is 2.41. The van der Waals surface area contributed by atoms with Crippen LogP contribution in [0.25, 0.3) is 0 Å². The Bertz CT molecular complexity index is 5620. The van der Waals surface area contributed by atoms with Gasteiger partial charge in [-0.2, -0.15) is 0 Å². The van der Waals surface area contributed by atoms with E-state index in [-0.39, 0.29) is 142 Å². The SMILES string of the molecule is C=C1Cc2nc(co2)C(=O)N2CCC=C2C(=O)O[C@H](C(C)C)[C@H](C)/C=C/C(=O)NC/C=C/C(C)=C/[C@@H](O)C1.C=C1Cc2nc(co2)C(=O)N[C@H](C)C(=O)O[C@H](C(C)C)[C@H](C)/C=C/C(=O)NC/C=C/C(C)=C/[C@@H](O)C1.CC1=C[C@@H](O)C[C@@H](C)Cc2nc(co2)C(=O)N2CCC[C@@H]2C(=O)O[C@H](C(C)C)[C@H](C)/C=C/C(=O)NCC=C1.CC1=C[C@@H](O)C[C@@H](C)Cc2nc(co2)C(=O)N[C@H](C)C(=O)O[C@H](C(C)C)[C@H](C)/C=C/C(=O)NCC=C1. The van der Waals surface area contributed by atoms with Crippen LogP contribution in [0.15, 0.2) is 223 Å². The van der Waals surface area contributed by atoms with Gasteiger partial charge in [0.15, 0.2) is 46.3 Å². The van der Waals surface area contributed by atoms with Gasteiger partial charge in [-0.25, -0.2) is 39.1 Å². The molecule has 0 spiro atoms. The Kier molecular flexibility index (Phi) is 49.7. The molecule has 36 heteroatoms. The largest absolute Gasteiger partial charge is 0.460 e. The average molecular weight is 2050 g/mol. The average Bonchev–Trinajstić information content (AvgIpc) is 1.67. The molecule has 0 aromatic carbocycles. The number of aliphatic hydroxyl groups excluding tert-OH is 4. The molecule has 10 N–H and O–H groups in total. The smallest absolute Gasteiger partial charge is 0.355 e. The Hall–Kier alpha value is -13.6. The van der Waals surface area contributed by atoms with Gasteiger partial charge in [0.1, 0.15) is 73.3 Å². The minimum atomic E-state index is -0.924. The Balaban J connectivity index is 0.000000267. The van der Waals surface area contributed by atoms with Crippen molar-refractivity contribution in [2.24, 2.45) is 59.2 Å². The fraction of sp³-hybridized carbons (Fsp3) is 0.518. The van der Waals surface area contributed by atoms with E-state index >= 15 is 0 Å². The Morgan fingerprint density at radius 1 is 0.385 bits per heavy atom. The van der Waals surface area contributed by atoms with Crippen molar-refractivity contribution in [1.29, 1.82) is 0 Å². The lowest BCUT2D eigenvalue weighted by Gasteiger charge is -2.29. The number of rotatable bonds is 4. The van der Waals surface area contributed by atoms with Crippen LogP contribution in [0, 0.1) is 59.2 Å². The Morgan fingerprint density at radius 2 is 0.703 bits per heavy atom. The second-order valence-corrected chi connectivity index (χ2v) is 40.2. The van der Waals surface area contributed by atoms with Gasteiger partial charge in [0, 0.05) is 88.6 Å². The molecule has 10 rings (SSSR count). The molecule has 36 nitrogen and oxygen atoms in total. The summed E-state index contributed by atoms with van der Waals surface area (Å²) in [5.41, 5.74) is 5.28. The van der Waals surface area contributed by atoms with Gasteiger partial charge in [-0.3, -0.25) is 38.4 Å². The fourth-order valence-corrected chi connectivity index (χ4v) is 17.1. The number of carbonyl (C=O) groups excluding carboxylic acids is 12. The maximum absolute atomic E-state index is 13.2. The van der Waals surface area contributed by atoms with E-state index in [1.807, 2.05) is 161 Å². The van der Waals surface area contributed by atoms with E-state index in [2.05, 4.69) is 65.0 Å². The first kappa shape index (κ1) is 121. The van der Waals surface area contributed by atoms with Crippen LogP contribution in [0.4, 0.5) is 0 Å². The van der Waals surface area contributed by atoms with Gasteiger partial charge in [0.05, 0.1) is 24.4 Å². The second-order valence-electron chi connectivity index (χ2n) is 40.2. The molecule has 1 fully saturated rings. The quantitative estimate of drug-likeness (QED) is 0.0515. The van der Waals surface area contributed by atoms with Crippen LogP contribution in [0.5, 0.6) is 0 Å². The van der Waals surface area contributed by atoms with Crippen LogP contribution in [-0.4, -0.2) is 228 Å². The number of nitrogens with one attached hydrogen (secondary N) is 6. The van der Waals surface area contributed by atoms with Gasteiger partial charge in [-0.05, 0) is 146 Å². The molecule has 10 heterocycles. The number of fused-ring (bicyclic) bond motifs is 10. The first-order valence-corrected chi connectivity index (χ1v) is 50.9. The number of esters is 4. The molecule has 17 atom stereocenters. The Morgan fingerprint density at radius 3 is 1.07 bits per heavy atom. The molecule has 6 aliphatic rings. The first-order chi connectivity index (χ1) is 70.0. The summed E-state index contributed by atoms with van der Waals surface area (Å²) in [6, 6.07) is -2.52. The lowest BCUT2D eigenvalue weighted by molar-refractivity contribution is -0.158. The zero-order chi connectivity index (χ0) is 109. The number of hydrogen-bond acceptors (Lipinski definition) is 28. The van der Waals surface area contributed by atoms with Crippen molar-refractivity contribution in [2.75, 3.05) is 39.3 Å². The van der Waals surface area contributed by atoms with Crippen molar-refractivity contribution in [2.45, 2.75) is 276 Å². The molecule has 148 heavy (non-hydrogen) atoms. The molecule has 1 saturated heterocycles. The third-order valence-electron chi connectivity index (χ3n) is 24.7. The minimum Gasteiger partial charge on any atom is -0.460 e. The molecule has 4 aromatic rings. The van der Waals surface area contributed by atoms with E-state index in [0.717, 1.165) is 22.3 Å². The maximum Gasteiger partial charge on any atom is 0.355 e. The van der Waals surface area contributed by atoms with Crippen molar-refractivity contribution in [3.05, 3.63) is 251 Å². The van der Waals surface area contributed by atoms with Crippen LogP contribution in [0.3, 0.4) is 0 Å². The topological polar surface area (TPSA) is 505 Å². The molecule has 8 bridgehead atoms. The third-order valence-corrected chi connectivity index (χ3v) is 24.7. The standard InChI is InChI=1S/C29H41N3O6.C29H37N3O6.C27H39N3O6.C27H37N3O6/c2*1-18(2)27-21(5)10-11-25(34)30-12-6-8-19(3)14-22(33)15-20(4)16-26-31-23(17-37-26)28(35)32-13-7-9-24(32)29(36)38-27;2*1-16(2)25-19(5)9-10-23(32)28-11-7-8-17(3)12-21(31)13-18(4)14-24-30-22(15-35-24)26(33)29-20(6)27(34)36-25/h6,8,10-11,14,17-18,20-22,24,27,33H,7,9,12-13,15-16H2,1-5H3,(H,30,34);6,8-11,14,17-18,21-22,27,33H,4,7,12-13,15-16H2,1-3,5H3,(H,30,34);7-10,12,15-16,18-21,25,31H,11,13-14H2,1-6H3,(H,28,32)(H,29,33);7-10,12,15-16,19-21,25,31H,4,11,13-14H2,1-3,5-6H3,(H,28,32)(H,29,33)/b8-6?,11-10+,19-14?;8-6+,11-10+,19-14+;8-7?,10-9+,17-12?;8-7+,10-9+,17-12+/t20-,21-,22-,24-,27-;21-,22-,27-;18-,19-,20-,21-,25-;19-,20-,21-,25-/m1111/s1. The zero-order valence-electron chi connectivity index (χ0n) is 89.1. The summed E-state index contributed by atoms with van der Waals surface area (Å²) in [5.74, 6) is -4.71. The summed E-state index contributed by atoms with van der Waals surface area (Å²) >= 11 is 0. The predicted octanol–water partition coefficient (Wildman–Crippen LogP) is 13.4. The molecular formula is C112H154N12O24. The molecule has 806 valence electrons. The number of aliphatic hydroxyl groups is 4. The lowest BCUT2D eigenvalue weighted by atomic mass is 9.94. The molecule has 4 aromatic heterocycles. The van der Waals surface area contributed by atoms with Crippen molar-refractivity contribution in [1.82, 2.24) is 61.6 Å². The monoisotopic (exact) mass is 2050 g/mol.